The Morgan fingerprint density at radius 1 is 0.772 bits per heavy atom. The summed E-state index contributed by atoms with van der Waals surface area (Å²) in [6.45, 7) is 9.65. The Hall–Kier alpha value is -6.10. The van der Waals surface area contributed by atoms with Gasteiger partial charge in [-0.05, 0) is 72.9 Å². The molecule has 3 aliphatic heterocycles. The van der Waals surface area contributed by atoms with Crippen LogP contribution in [0.2, 0.25) is 0 Å². The van der Waals surface area contributed by atoms with Gasteiger partial charge in [0.05, 0.1) is 49.5 Å². The number of hydrogen-bond acceptors (Lipinski definition) is 8. The molecule has 2 aromatic heterocycles. The highest BCUT2D eigenvalue weighted by Crippen LogP contribution is 2.35. The van der Waals surface area contributed by atoms with E-state index in [1.807, 2.05) is 81.1 Å². The van der Waals surface area contributed by atoms with Crippen molar-refractivity contribution in [2.24, 2.45) is 11.8 Å². The van der Waals surface area contributed by atoms with E-state index in [1.165, 1.54) is 7.11 Å². The quantitative estimate of drug-likeness (QED) is 0.164. The Morgan fingerprint density at radius 2 is 1.28 bits per heavy atom. The number of rotatable bonds is 10. The number of carbonyl (C=O) groups is 4. The largest absolute Gasteiger partial charge is 0.453 e. The Balaban J connectivity index is 0.974. The van der Waals surface area contributed by atoms with Crippen molar-refractivity contribution in [2.75, 3.05) is 33.4 Å². The average Bonchev–Trinajstić information content (AvgIpc) is 4.06. The standard InChI is InChI=1S/C43H50N8O6/c1-26(2)36(48-42(54)56-5)40(52)49-20-6-8-34(49)38-44-24-32(46-38)30-16-12-28(13-17-30)10-11-29-14-18-31(19-15-29)33-25-45-39(47-33)35-9-7-21-50(35)41(53)37(27(3)4)51-22-23-57-43(51)55/h12-19,24-27,34-37H,6-9,20-23H2,1-5H3,(H,44,46)(H,45,47)(H,48,54). The lowest BCUT2D eigenvalue weighted by atomic mass is 10.0. The number of imidazole rings is 2. The predicted octanol–water partition coefficient (Wildman–Crippen LogP) is 6.05. The minimum atomic E-state index is -0.688. The van der Waals surface area contributed by atoms with Gasteiger partial charge in [-0.3, -0.25) is 14.5 Å². The van der Waals surface area contributed by atoms with Crippen LogP contribution >= 0.6 is 0 Å². The van der Waals surface area contributed by atoms with Crippen LogP contribution in [0, 0.1) is 23.7 Å². The third-order valence-electron chi connectivity index (χ3n) is 11.0. The zero-order valence-electron chi connectivity index (χ0n) is 33.1. The number of aromatic amines is 2. The van der Waals surface area contributed by atoms with Crippen molar-refractivity contribution >= 4 is 24.0 Å². The van der Waals surface area contributed by atoms with Gasteiger partial charge in [-0.2, -0.15) is 0 Å². The molecule has 2 aromatic carbocycles. The third-order valence-corrected chi connectivity index (χ3v) is 11.0. The van der Waals surface area contributed by atoms with Crippen LogP contribution in [-0.4, -0.2) is 104 Å². The van der Waals surface area contributed by atoms with Crippen molar-refractivity contribution in [3.8, 4) is 34.4 Å². The maximum absolute atomic E-state index is 13.8. The summed E-state index contributed by atoms with van der Waals surface area (Å²) in [4.78, 5) is 73.0. The normalized spacial score (nSPS) is 19.1. The summed E-state index contributed by atoms with van der Waals surface area (Å²) in [5, 5.41) is 2.69. The Kier molecular flexibility index (Phi) is 11.6. The number of alkyl carbamates (subject to hydrolysis) is 1. The van der Waals surface area contributed by atoms with Gasteiger partial charge in [0.2, 0.25) is 11.8 Å². The summed E-state index contributed by atoms with van der Waals surface area (Å²) in [6.07, 6.45) is 5.82. The van der Waals surface area contributed by atoms with Crippen molar-refractivity contribution in [3.05, 3.63) is 83.7 Å². The van der Waals surface area contributed by atoms with Gasteiger partial charge in [0.15, 0.2) is 0 Å². The van der Waals surface area contributed by atoms with Crippen molar-refractivity contribution in [3.63, 3.8) is 0 Å². The van der Waals surface area contributed by atoms with Crippen molar-refractivity contribution in [1.29, 1.82) is 0 Å². The number of carbonyl (C=O) groups excluding carboxylic acids is 4. The molecule has 7 rings (SSSR count). The third kappa shape index (κ3) is 8.38. The van der Waals surface area contributed by atoms with Gasteiger partial charge in [0.1, 0.15) is 30.3 Å². The lowest BCUT2D eigenvalue weighted by Gasteiger charge is -2.33. The van der Waals surface area contributed by atoms with E-state index in [0.717, 1.165) is 65.1 Å². The van der Waals surface area contributed by atoms with E-state index in [9.17, 15) is 19.2 Å². The smallest absolute Gasteiger partial charge is 0.410 e. The maximum atomic E-state index is 13.8. The van der Waals surface area contributed by atoms with E-state index in [1.54, 1.807) is 22.2 Å². The number of amides is 4. The number of likely N-dealkylation sites (tertiary alicyclic amines) is 2. The van der Waals surface area contributed by atoms with Crippen molar-refractivity contribution < 1.29 is 28.7 Å². The summed E-state index contributed by atoms with van der Waals surface area (Å²) in [7, 11) is 1.29. The van der Waals surface area contributed by atoms with Crippen LogP contribution < -0.4 is 5.32 Å². The van der Waals surface area contributed by atoms with E-state index >= 15 is 0 Å². The van der Waals surface area contributed by atoms with Gasteiger partial charge in [-0.15, -0.1) is 0 Å². The molecule has 57 heavy (non-hydrogen) atoms. The topological polar surface area (TPSA) is 166 Å². The molecule has 0 bridgehead atoms. The van der Waals surface area contributed by atoms with Crippen LogP contribution in [0.3, 0.4) is 0 Å². The first-order valence-corrected chi connectivity index (χ1v) is 19.7. The molecule has 3 N–H and O–H groups in total. The first kappa shape index (κ1) is 39.1. The van der Waals surface area contributed by atoms with Gasteiger partial charge in [0.25, 0.3) is 0 Å². The second-order valence-electron chi connectivity index (χ2n) is 15.5. The first-order valence-electron chi connectivity index (χ1n) is 19.7. The van der Waals surface area contributed by atoms with E-state index in [-0.39, 0.29) is 35.7 Å². The number of ether oxygens (including phenoxy) is 2. The maximum Gasteiger partial charge on any atom is 0.410 e. The number of methoxy groups -OCH3 is 1. The fourth-order valence-electron chi connectivity index (χ4n) is 8.03. The van der Waals surface area contributed by atoms with Crippen molar-refractivity contribution in [2.45, 2.75) is 77.5 Å². The Bertz CT molecular complexity index is 2150. The SMILES string of the molecule is COC(=O)NC(C(=O)N1CCCC1c1ncc(-c2ccc(C#Cc3ccc(-c4cnc(C5CCCN5C(=O)C(C(C)C)N5CCOC5=O)[nH]4)cc3)cc2)[nH]1)C(C)C. The van der Waals surface area contributed by atoms with Crippen LogP contribution in [-0.2, 0) is 19.1 Å². The molecule has 0 saturated carbocycles. The summed E-state index contributed by atoms with van der Waals surface area (Å²) >= 11 is 0. The van der Waals surface area contributed by atoms with Gasteiger partial charge in [-0.25, -0.2) is 19.6 Å². The summed E-state index contributed by atoms with van der Waals surface area (Å²) in [5.41, 5.74) is 5.34. The van der Waals surface area contributed by atoms with Crippen LogP contribution in [0.5, 0.6) is 0 Å². The van der Waals surface area contributed by atoms with Crippen LogP contribution in [0.25, 0.3) is 22.5 Å². The van der Waals surface area contributed by atoms with Crippen molar-refractivity contribution in [1.82, 2.24) is 40.0 Å². The molecule has 14 heteroatoms. The second kappa shape index (κ2) is 17.0. The molecule has 4 unspecified atom stereocenters. The molecule has 0 aliphatic carbocycles. The molecule has 3 fully saturated rings. The fourth-order valence-corrected chi connectivity index (χ4v) is 8.03. The predicted molar refractivity (Wildman–Crippen MR) is 212 cm³/mol. The number of H-pyrrole nitrogens is 2. The molecule has 4 aromatic rings. The van der Waals surface area contributed by atoms with E-state index in [4.69, 9.17) is 9.47 Å². The molecule has 14 nitrogen and oxygen atoms in total. The Labute approximate surface area is 332 Å². The second-order valence-corrected chi connectivity index (χ2v) is 15.5. The van der Waals surface area contributed by atoms with Crippen LogP contribution in [0.15, 0.2) is 60.9 Å². The lowest BCUT2D eigenvalue weighted by Crippen LogP contribution is -2.51. The van der Waals surface area contributed by atoms with E-state index in [2.05, 4.69) is 37.1 Å². The van der Waals surface area contributed by atoms with Crippen LogP contribution in [0.4, 0.5) is 9.59 Å². The molecular weight excluding hydrogens is 725 g/mol. The van der Waals surface area contributed by atoms with Gasteiger partial charge in [-0.1, -0.05) is 63.8 Å². The highest BCUT2D eigenvalue weighted by molar-refractivity contribution is 5.87. The van der Waals surface area contributed by atoms with Gasteiger partial charge < -0.3 is 34.6 Å². The highest BCUT2D eigenvalue weighted by atomic mass is 16.6. The molecule has 4 amide bonds. The summed E-state index contributed by atoms with van der Waals surface area (Å²) in [5.74, 6) is 7.60. The average molecular weight is 775 g/mol. The fraction of sp³-hybridized carbons (Fsp3) is 0.442. The number of hydrogen-bond donors (Lipinski definition) is 3. The summed E-state index contributed by atoms with van der Waals surface area (Å²) < 4.78 is 9.89. The van der Waals surface area contributed by atoms with E-state index in [0.29, 0.717) is 32.1 Å². The highest BCUT2D eigenvalue weighted by Gasteiger charge is 2.43. The molecular formula is C43H50N8O6. The number of cyclic esters (lactones) is 1. The minimum absolute atomic E-state index is 0.0494. The lowest BCUT2D eigenvalue weighted by molar-refractivity contribution is -0.138. The minimum Gasteiger partial charge on any atom is -0.453 e. The van der Waals surface area contributed by atoms with Gasteiger partial charge >= 0.3 is 12.2 Å². The van der Waals surface area contributed by atoms with E-state index < -0.39 is 24.3 Å². The molecule has 0 radical (unpaired) electrons. The Morgan fingerprint density at radius 3 is 1.72 bits per heavy atom. The summed E-state index contributed by atoms with van der Waals surface area (Å²) in [6, 6.07) is 14.2. The number of nitrogens with one attached hydrogen (secondary N) is 3. The molecule has 4 atom stereocenters. The zero-order chi connectivity index (χ0) is 40.2. The molecule has 3 aliphatic rings. The van der Waals surface area contributed by atoms with Crippen LogP contribution in [0.1, 0.15) is 88.2 Å². The molecule has 0 spiro atoms. The zero-order valence-corrected chi connectivity index (χ0v) is 33.1. The number of nitrogens with zero attached hydrogens (tertiary/aromatic N) is 5. The molecule has 298 valence electrons. The monoisotopic (exact) mass is 774 g/mol. The molecule has 3 saturated heterocycles. The number of aromatic nitrogens is 4. The first-order chi connectivity index (χ1) is 27.5. The van der Waals surface area contributed by atoms with Gasteiger partial charge in [0, 0.05) is 24.2 Å². The molecule has 5 heterocycles. The number of benzene rings is 2.